The molecule has 1 rings (SSSR count). The van der Waals surface area contributed by atoms with Crippen molar-refractivity contribution in [2.75, 3.05) is 32.7 Å². The number of morpholine rings is 1. The molecule has 0 radical (unpaired) electrons. The Hall–Kier alpha value is -0.210. The molecule has 2 atom stereocenters. The van der Waals surface area contributed by atoms with Crippen molar-refractivity contribution in [2.24, 2.45) is 0 Å². The topological polar surface area (TPSA) is 61.9 Å². The molecule has 0 aliphatic carbocycles. The average Bonchev–Trinajstić information content (AvgIpc) is 2.37. The van der Waals surface area contributed by atoms with Gasteiger partial charge in [0.05, 0.1) is 12.2 Å². The van der Waals surface area contributed by atoms with Crippen LogP contribution in [-0.2, 0) is 14.9 Å². The summed E-state index contributed by atoms with van der Waals surface area (Å²) in [6.07, 6.45) is 0.347. The van der Waals surface area contributed by atoms with Crippen LogP contribution in [0.15, 0.2) is 0 Å². The quantitative estimate of drug-likeness (QED) is 0.761. The Balaban J connectivity index is 2.68. The molecule has 7 heteroatoms. The van der Waals surface area contributed by atoms with E-state index < -0.39 is 10.2 Å². The maximum absolute atomic E-state index is 12.2. The van der Waals surface area contributed by atoms with Crippen LogP contribution in [0, 0.1) is 0 Å². The molecular weight excluding hydrogens is 290 g/mol. The van der Waals surface area contributed by atoms with Crippen LogP contribution >= 0.6 is 0 Å². The molecule has 126 valence electrons. The van der Waals surface area contributed by atoms with Crippen molar-refractivity contribution in [1.82, 2.24) is 13.9 Å². The van der Waals surface area contributed by atoms with Gasteiger partial charge in [0.1, 0.15) is 0 Å². The van der Waals surface area contributed by atoms with E-state index in [0.29, 0.717) is 19.6 Å². The van der Waals surface area contributed by atoms with Gasteiger partial charge < -0.3 is 4.74 Å². The van der Waals surface area contributed by atoms with E-state index in [2.05, 4.69) is 37.3 Å². The molecule has 21 heavy (non-hydrogen) atoms. The number of rotatable bonds is 7. The average molecular weight is 321 g/mol. The van der Waals surface area contributed by atoms with Crippen molar-refractivity contribution in [1.29, 1.82) is 0 Å². The Kier molecular flexibility index (Phi) is 6.61. The Morgan fingerprint density at radius 2 is 1.67 bits per heavy atom. The lowest BCUT2D eigenvalue weighted by atomic mass is 10.0. The lowest BCUT2D eigenvalue weighted by Gasteiger charge is -2.45. The number of hydrogen-bond acceptors (Lipinski definition) is 4. The van der Waals surface area contributed by atoms with Crippen molar-refractivity contribution in [2.45, 2.75) is 59.3 Å². The van der Waals surface area contributed by atoms with E-state index in [0.717, 1.165) is 13.1 Å². The highest BCUT2D eigenvalue weighted by Crippen LogP contribution is 2.21. The fourth-order valence-corrected chi connectivity index (χ4v) is 4.10. The van der Waals surface area contributed by atoms with E-state index >= 15 is 0 Å². The molecule has 0 amide bonds. The smallest absolute Gasteiger partial charge is 0.279 e. The molecule has 1 N–H and O–H groups in total. The second kappa shape index (κ2) is 7.37. The molecule has 0 saturated carbocycles. The fraction of sp³-hybridized carbons (Fsp3) is 1.00. The summed E-state index contributed by atoms with van der Waals surface area (Å²) in [5.41, 5.74) is -0.244. The Morgan fingerprint density at radius 3 is 2.10 bits per heavy atom. The van der Waals surface area contributed by atoms with Gasteiger partial charge in [0.2, 0.25) is 0 Å². The standard InChI is InChI=1S/C14H31N3O3S/c1-7-17(8-2)21(18,19)15-11-14(5,6)16-9-12(3)20-13(4)10-16/h12-13,15H,7-11H2,1-6H3. The van der Waals surface area contributed by atoms with Gasteiger partial charge in [-0.15, -0.1) is 0 Å². The summed E-state index contributed by atoms with van der Waals surface area (Å²) < 4.78 is 34.4. The molecule has 0 spiro atoms. The molecule has 1 saturated heterocycles. The van der Waals surface area contributed by atoms with Crippen LogP contribution in [0.2, 0.25) is 0 Å². The highest BCUT2D eigenvalue weighted by atomic mass is 32.2. The number of hydrogen-bond donors (Lipinski definition) is 1. The first-order valence-corrected chi connectivity index (χ1v) is 9.21. The minimum Gasteiger partial charge on any atom is -0.373 e. The van der Waals surface area contributed by atoms with Crippen LogP contribution < -0.4 is 4.72 Å². The lowest BCUT2D eigenvalue weighted by molar-refractivity contribution is -0.0945. The monoisotopic (exact) mass is 321 g/mol. The van der Waals surface area contributed by atoms with Gasteiger partial charge in [-0.05, 0) is 27.7 Å². The first-order valence-electron chi connectivity index (χ1n) is 7.77. The highest BCUT2D eigenvalue weighted by molar-refractivity contribution is 7.87. The summed E-state index contributed by atoms with van der Waals surface area (Å²) in [6, 6.07) is 0. The Bertz CT molecular complexity index is 411. The molecular formula is C14H31N3O3S. The predicted octanol–water partition coefficient (Wildman–Crippen LogP) is 1.05. The minimum absolute atomic E-state index is 0.174. The van der Waals surface area contributed by atoms with E-state index in [4.69, 9.17) is 4.74 Å². The fourth-order valence-electron chi connectivity index (χ4n) is 2.71. The summed E-state index contributed by atoms with van der Waals surface area (Å²) in [5.74, 6) is 0. The molecule has 1 fully saturated rings. The van der Waals surface area contributed by atoms with Gasteiger partial charge in [-0.25, -0.2) is 4.72 Å². The Labute approximate surface area is 130 Å². The van der Waals surface area contributed by atoms with E-state index in [-0.39, 0.29) is 17.7 Å². The molecule has 0 aromatic rings. The van der Waals surface area contributed by atoms with Crippen LogP contribution in [0.4, 0.5) is 0 Å². The van der Waals surface area contributed by atoms with Crippen molar-refractivity contribution in [3.63, 3.8) is 0 Å². The Morgan fingerprint density at radius 1 is 1.19 bits per heavy atom. The van der Waals surface area contributed by atoms with Gasteiger partial charge in [0, 0.05) is 38.3 Å². The largest absolute Gasteiger partial charge is 0.373 e. The molecule has 0 bridgehead atoms. The molecule has 0 aromatic carbocycles. The highest BCUT2D eigenvalue weighted by Gasteiger charge is 2.34. The van der Waals surface area contributed by atoms with Crippen LogP contribution in [-0.4, -0.2) is 68.1 Å². The number of nitrogens with zero attached hydrogens (tertiary/aromatic N) is 2. The number of nitrogens with one attached hydrogen (secondary N) is 1. The third kappa shape index (κ3) is 5.17. The lowest BCUT2D eigenvalue weighted by Crippen LogP contribution is -2.59. The summed E-state index contributed by atoms with van der Waals surface area (Å²) in [4.78, 5) is 2.30. The van der Waals surface area contributed by atoms with Gasteiger partial charge in [-0.2, -0.15) is 12.7 Å². The van der Waals surface area contributed by atoms with Crippen molar-refractivity contribution >= 4 is 10.2 Å². The molecule has 1 aliphatic rings. The normalized spacial score (nSPS) is 25.5. The zero-order valence-electron chi connectivity index (χ0n) is 14.2. The zero-order valence-corrected chi connectivity index (χ0v) is 15.0. The first-order chi connectivity index (χ1) is 9.62. The van der Waals surface area contributed by atoms with Crippen LogP contribution in [0.25, 0.3) is 0 Å². The summed E-state index contributed by atoms with van der Waals surface area (Å²) >= 11 is 0. The zero-order chi connectivity index (χ0) is 16.3. The summed E-state index contributed by atoms with van der Waals surface area (Å²) in [6.45, 7) is 15.0. The molecule has 6 nitrogen and oxygen atoms in total. The minimum atomic E-state index is -3.40. The van der Waals surface area contributed by atoms with E-state index in [1.165, 1.54) is 4.31 Å². The predicted molar refractivity (Wildman–Crippen MR) is 85.5 cm³/mol. The van der Waals surface area contributed by atoms with Gasteiger partial charge in [-0.3, -0.25) is 4.90 Å². The second-order valence-corrected chi connectivity index (χ2v) is 8.14. The number of ether oxygens (including phenoxy) is 1. The van der Waals surface area contributed by atoms with Crippen LogP contribution in [0.1, 0.15) is 41.5 Å². The van der Waals surface area contributed by atoms with Gasteiger partial charge in [-0.1, -0.05) is 13.8 Å². The molecule has 1 aliphatic heterocycles. The molecule has 1 heterocycles. The SMILES string of the molecule is CCN(CC)S(=O)(=O)NCC(C)(C)N1CC(C)OC(C)C1. The summed E-state index contributed by atoms with van der Waals surface area (Å²) in [5, 5.41) is 0. The van der Waals surface area contributed by atoms with Crippen LogP contribution in [0.5, 0.6) is 0 Å². The maximum atomic E-state index is 12.2. The third-order valence-electron chi connectivity index (χ3n) is 4.01. The second-order valence-electron chi connectivity index (χ2n) is 6.39. The van der Waals surface area contributed by atoms with E-state index in [9.17, 15) is 8.42 Å². The maximum Gasteiger partial charge on any atom is 0.279 e. The first kappa shape index (κ1) is 18.8. The van der Waals surface area contributed by atoms with E-state index in [1.807, 2.05) is 13.8 Å². The van der Waals surface area contributed by atoms with Crippen molar-refractivity contribution in [3.8, 4) is 0 Å². The van der Waals surface area contributed by atoms with Crippen LogP contribution in [0.3, 0.4) is 0 Å². The van der Waals surface area contributed by atoms with Gasteiger partial charge in [0.15, 0.2) is 0 Å². The van der Waals surface area contributed by atoms with Crippen molar-refractivity contribution < 1.29 is 13.2 Å². The molecule has 2 unspecified atom stereocenters. The van der Waals surface area contributed by atoms with E-state index in [1.54, 1.807) is 0 Å². The summed E-state index contributed by atoms with van der Waals surface area (Å²) in [7, 11) is -3.40. The van der Waals surface area contributed by atoms with Gasteiger partial charge >= 0.3 is 0 Å². The molecule has 0 aromatic heterocycles. The van der Waals surface area contributed by atoms with Gasteiger partial charge in [0.25, 0.3) is 10.2 Å². The van der Waals surface area contributed by atoms with Crippen molar-refractivity contribution in [3.05, 3.63) is 0 Å². The third-order valence-corrected chi connectivity index (χ3v) is 5.71.